The summed E-state index contributed by atoms with van der Waals surface area (Å²) >= 11 is 0. The molecule has 1 rings (SSSR count). The zero-order valence-corrected chi connectivity index (χ0v) is 10.3. The average molecular weight is 223 g/mol. The van der Waals surface area contributed by atoms with Gasteiger partial charge in [0.2, 0.25) is 5.91 Å². The highest BCUT2D eigenvalue weighted by Gasteiger charge is 2.20. The van der Waals surface area contributed by atoms with E-state index in [1.165, 1.54) is 0 Å². The second-order valence-corrected chi connectivity index (χ2v) is 4.73. The van der Waals surface area contributed by atoms with Gasteiger partial charge in [-0.15, -0.1) is 0 Å². The van der Waals surface area contributed by atoms with Crippen molar-refractivity contribution in [1.29, 1.82) is 5.26 Å². The van der Waals surface area contributed by atoms with Crippen LogP contribution in [0.15, 0.2) is 0 Å². The maximum absolute atomic E-state index is 11.8. The molecular weight excluding hydrogens is 202 g/mol. The zero-order valence-electron chi connectivity index (χ0n) is 10.3. The summed E-state index contributed by atoms with van der Waals surface area (Å²) in [6.45, 7) is 8.43. The Balaban J connectivity index is 2.26. The van der Waals surface area contributed by atoms with E-state index in [0.29, 0.717) is 18.8 Å². The number of hydrogen-bond acceptors (Lipinski definition) is 3. The molecule has 0 N–H and O–H groups in total. The highest BCUT2D eigenvalue weighted by molar-refractivity contribution is 5.76. The molecule has 0 spiro atoms. The predicted molar refractivity (Wildman–Crippen MR) is 62.7 cm³/mol. The van der Waals surface area contributed by atoms with Crippen LogP contribution in [0.5, 0.6) is 0 Å². The molecule has 0 saturated carbocycles. The molecule has 1 saturated heterocycles. The van der Waals surface area contributed by atoms with Crippen LogP contribution in [0.25, 0.3) is 0 Å². The summed E-state index contributed by atoms with van der Waals surface area (Å²) in [7, 11) is 0. The molecule has 0 atom stereocenters. The fraction of sp³-hybridized carbons (Fsp3) is 0.833. The molecule has 1 heterocycles. The van der Waals surface area contributed by atoms with Crippen molar-refractivity contribution in [2.24, 2.45) is 5.92 Å². The lowest BCUT2D eigenvalue weighted by atomic mass is 10.1. The minimum Gasteiger partial charge on any atom is -0.340 e. The Labute approximate surface area is 97.8 Å². The number of nitriles is 1. The second-order valence-electron chi connectivity index (χ2n) is 4.73. The summed E-state index contributed by atoms with van der Waals surface area (Å²) in [5.74, 6) is 0.707. The Hall–Kier alpha value is -1.08. The molecule has 0 aliphatic carbocycles. The van der Waals surface area contributed by atoms with Crippen LogP contribution in [-0.2, 0) is 4.79 Å². The van der Waals surface area contributed by atoms with Gasteiger partial charge < -0.3 is 4.90 Å². The van der Waals surface area contributed by atoms with Crippen LogP contribution in [0.1, 0.15) is 26.7 Å². The fourth-order valence-corrected chi connectivity index (χ4v) is 1.91. The highest BCUT2D eigenvalue weighted by atomic mass is 16.2. The predicted octanol–water partition coefficient (Wildman–Crippen LogP) is 1.09. The molecule has 1 aliphatic heterocycles. The first-order valence-electron chi connectivity index (χ1n) is 6.00. The Bertz CT molecular complexity index is 262. The number of carbonyl (C=O) groups excluding carboxylic acids is 1. The number of hydrogen-bond donors (Lipinski definition) is 0. The molecule has 1 amide bonds. The first-order chi connectivity index (χ1) is 7.63. The van der Waals surface area contributed by atoms with Crippen LogP contribution < -0.4 is 0 Å². The summed E-state index contributed by atoms with van der Waals surface area (Å²) in [4.78, 5) is 16.0. The van der Waals surface area contributed by atoms with Gasteiger partial charge in [-0.1, -0.05) is 13.8 Å². The van der Waals surface area contributed by atoms with Crippen molar-refractivity contribution in [3.63, 3.8) is 0 Å². The molecule has 16 heavy (non-hydrogen) atoms. The van der Waals surface area contributed by atoms with Crippen molar-refractivity contribution in [2.45, 2.75) is 26.7 Å². The Morgan fingerprint density at radius 1 is 1.31 bits per heavy atom. The van der Waals surface area contributed by atoms with Gasteiger partial charge in [0.05, 0.1) is 6.07 Å². The molecular formula is C12H21N3O. The molecule has 0 bridgehead atoms. The van der Waals surface area contributed by atoms with Gasteiger partial charge in [0.25, 0.3) is 0 Å². The Morgan fingerprint density at radius 3 is 2.44 bits per heavy atom. The monoisotopic (exact) mass is 223 g/mol. The van der Waals surface area contributed by atoms with Crippen LogP contribution in [0.3, 0.4) is 0 Å². The largest absolute Gasteiger partial charge is 0.340 e. The molecule has 90 valence electrons. The molecule has 4 heteroatoms. The quantitative estimate of drug-likeness (QED) is 0.717. The number of carbonyl (C=O) groups is 1. The summed E-state index contributed by atoms with van der Waals surface area (Å²) in [5.41, 5.74) is 0. The van der Waals surface area contributed by atoms with Gasteiger partial charge in [-0.3, -0.25) is 9.69 Å². The van der Waals surface area contributed by atoms with Crippen LogP contribution >= 0.6 is 0 Å². The Morgan fingerprint density at radius 2 is 1.94 bits per heavy atom. The van der Waals surface area contributed by atoms with Gasteiger partial charge in [0.15, 0.2) is 0 Å². The van der Waals surface area contributed by atoms with E-state index in [9.17, 15) is 4.79 Å². The maximum atomic E-state index is 11.8. The zero-order chi connectivity index (χ0) is 12.0. The maximum Gasteiger partial charge on any atom is 0.222 e. The topological polar surface area (TPSA) is 47.3 Å². The third kappa shape index (κ3) is 4.19. The van der Waals surface area contributed by atoms with Gasteiger partial charge in [0.1, 0.15) is 0 Å². The summed E-state index contributed by atoms with van der Waals surface area (Å²) in [6, 6.07) is 2.15. The number of piperazine rings is 1. The molecule has 0 radical (unpaired) electrons. The van der Waals surface area contributed by atoms with E-state index in [2.05, 4.69) is 24.8 Å². The smallest absolute Gasteiger partial charge is 0.222 e. The van der Waals surface area contributed by atoms with Crippen molar-refractivity contribution in [2.75, 3.05) is 32.7 Å². The number of nitrogens with zero attached hydrogens (tertiary/aromatic N) is 3. The fourth-order valence-electron chi connectivity index (χ4n) is 1.91. The van der Waals surface area contributed by atoms with Crippen molar-refractivity contribution in [1.82, 2.24) is 9.80 Å². The van der Waals surface area contributed by atoms with E-state index >= 15 is 0 Å². The van der Waals surface area contributed by atoms with Gasteiger partial charge >= 0.3 is 0 Å². The van der Waals surface area contributed by atoms with E-state index in [1.807, 2.05) is 4.90 Å². The van der Waals surface area contributed by atoms with E-state index in [-0.39, 0.29) is 5.91 Å². The third-order valence-corrected chi connectivity index (χ3v) is 2.85. The average Bonchev–Trinajstić information content (AvgIpc) is 2.26. The first-order valence-corrected chi connectivity index (χ1v) is 6.00. The molecule has 0 unspecified atom stereocenters. The lowest BCUT2D eigenvalue weighted by Gasteiger charge is -2.34. The standard InChI is InChI=1S/C12H21N3O/c1-11(2)10-12(16)15-8-6-14(7-9-15)5-3-4-13/h11H,3,5-10H2,1-2H3. The van der Waals surface area contributed by atoms with Crippen molar-refractivity contribution < 1.29 is 4.79 Å². The lowest BCUT2D eigenvalue weighted by molar-refractivity contribution is -0.133. The van der Waals surface area contributed by atoms with E-state index in [1.54, 1.807) is 0 Å². The van der Waals surface area contributed by atoms with Crippen LogP contribution in [-0.4, -0.2) is 48.4 Å². The SMILES string of the molecule is CC(C)CC(=O)N1CCN(CCC#N)CC1. The van der Waals surface area contributed by atoms with E-state index < -0.39 is 0 Å². The van der Waals surface area contributed by atoms with Crippen LogP contribution in [0.4, 0.5) is 0 Å². The summed E-state index contributed by atoms with van der Waals surface area (Å²) < 4.78 is 0. The van der Waals surface area contributed by atoms with Gasteiger partial charge in [-0.05, 0) is 5.92 Å². The summed E-state index contributed by atoms with van der Waals surface area (Å²) in [6.07, 6.45) is 1.23. The third-order valence-electron chi connectivity index (χ3n) is 2.85. The molecule has 0 aromatic carbocycles. The number of rotatable bonds is 4. The normalized spacial score (nSPS) is 17.5. The van der Waals surface area contributed by atoms with Crippen molar-refractivity contribution in [3.05, 3.63) is 0 Å². The van der Waals surface area contributed by atoms with E-state index in [0.717, 1.165) is 32.7 Å². The molecule has 0 aromatic rings. The second kappa shape index (κ2) is 6.49. The van der Waals surface area contributed by atoms with Crippen molar-refractivity contribution in [3.8, 4) is 6.07 Å². The molecule has 4 nitrogen and oxygen atoms in total. The van der Waals surface area contributed by atoms with E-state index in [4.69, 9.17) is 5.26 Å². The van der Waals surface area contributed by atoms with Crippen LogP contribution in [0.2, 0.25) is 0 Å². The highest BCUT2D eigenvalue weighted by Crippen LogP contribution is 2.08. The molecule has 1 aliphatic rings. The van der Waals surface area contributed by atoms with Crippen LogP contribution in [0, 0.1) is 17.2 Å². The first kappa shape index (κ1) is 13.0. The molecule has 0 aromatic heterocycles. The Kier molecular flexibility index (Phi) is 5.27. The lowest BCUT2D eigenvalue weighted by Crippen LogP contribution is -2.49. The number of amides is 1. The van der Waals surface area contributed by atoms with Gasteiger partial charge in [-0.25, -0.2) is 0 Å². The minimum atomic E-state index is 0.273. The molecule has 1 fully saturated rings. The minimum absolute atomic E-state index is 0.273. The van der Waals surface area contributed by atoms with Gasteiger partial charge in [0, 0.05) is 45.6 Å². The van der Waals surface area contributed by atoms with Crippen molar-refractivity contribution >= 4 is 5.91 Å². The summed E-state index contributed by atoms with van der Waals surface area (Å²) in [5, 5.41) is 8.50. The van der Waals surface area contributed by atoms with Gasteiger partial charge in [-0.2, -0.15) is 5.26 Å².